The van der Waals surface area contributed by atoms with Crippen LogP contribution >= 0.6 is 22.7 Å². The van der Waals surface area contributed by atoms with Gasteiger partial charge < -0.3 is 14.2 Å². The van der Waals surface area contributed by atoms with Crippen molar-refractivity contribution in [2.24, 2.45) is 0 Å². The lowest BCUT2D eigenvalue weighted by Crippen LogP contribution is -2.26. The van der Waals surface area contributed by atoms with Crippen molar-refractivity contribution < 1.29 is 4.42 Å². The molecule has 0 amide bonds. The molecule has 0 fully saturated rings. The highest BCUT2D eigenvalue weighted by atomic mass is 32.1. The fourth-order valence-electron chi connectivity index (χ4n) is 11.2. The second kappa shape index (κ2) is 15.4. The van der Waals surface area contributed by atoms with Gasteiger partial charge in [-0.05, 0) is 151 Å². The number of para-hydroxylation sites is 1. The molecule has 0 saturated carbocycles. The highest BCUT2D eigenvalue weighted by Gasteiger charge is 2.53. The first-order valence-electron chi connectivity index (χ1n) is 23.0. The zero-order chi connectivity index (χ0) is 44.8. The Kier molecular flexibility index (Phi) is 8.85. The van der Waals surface area contributed by atoms with E-state index in [0.717, 1.165) is 54.7 Å². The number of benzene rings is 9. The summed E-state index contributed by atoms with van der Waals surface area (Å²) in [5.74, 6) is 0. The highest BCUT2D eigenvalue weighted by Crippen LogP contribution is 2.65. The molecular weight excluding hydrogens is 865 g/mol. The van der Waals surface area contributed by atoms with Crippen LogP contribution in [0.25, 0.3) is 66.4 Å². The van der Waals surface area contributed by atoms with Crippen LogP contribution < -0.4 is 9.80 Å². The Morgan fingerprint density at radius 1 is 0.338 bits per heavy atom. The molecule has 3 heterocycles. The van der Waals surface area contributed by atoms with Crippen LogP contribution in [-0.2, 0) is 5.41 Å². The van der Waals surface area contributed by atoms with Crippen LogP contribution in [0.15, 0.2) is 246 Å². The number of anilines is 6. The van der Waals surface area contributed by atoms with E-state index in [4.69, 9.17) is 4.42 Å². The summed E-state index contributed by atoms with van der Waals surface area (Å²) in [5.41, 5.74) is 20.3. The first kappa shape index (κ1) is 39.0. The summed E-state index contributed by atoms with van der Waals surface area (Å²) in [6.45, 7) is 0. The zero-order valence-electron chi connectivity index (χ0n) is 36.7. The van der Waals surface area contributed by atoms with Crippen LogP contribution in [0.4, 0.5) is 32.8 Å². The van der Waals surface area contributed by atoms with Gasteiger partial charge in [0.15, 0.2) is 0 Å². The van der Waals surface area contributed by atoms with Crippen molar-refractivity contribution in [1.29, 1.82) is 0 Å². The summed E-state index contributed by atoms with van der Waals surface area (Å²) >= 11 is 3.51. The Bertz CT molecular complexity index is 3670. The fraction of sp³-hybridized carbons (Fsp3) is 0.0159. The minimum atomic E-state index is -0.660. The molecule has 0 unspecified atom stereocenters. The average Bonchev–Trinajstić information content (AvgIpc) is 4.27. The number of furan rings is 1. The Balaban J connectivity index is 1.01. The van der Waals surface area contributed by atoms with Gasteiger partial charge in [-0.25, -0.2) is 0 Å². The van der Waals surface area contributed by atoms with Crippen LogP contribution in [0, 0.1) is 0 Å². The normalized spacial score (nSPS) is 12.8. The van der Waals surface area contributed by atoms with E-state index in [0.29, 0.717) is 0 Å². The van der Waals surface area contributed by atoms with Crippen LogP contribution in [0.1, 0.15) is 22.3 Å². The third-order valence-electron chi connectivity index (χ3n) is 14.1. The summed E-state index contributed by atoms with van der Waals surface area (Å²) in [7, 11) is 0. The third-order valence-corrected chi connectivity index (χ3v) is 15.8. The Morgan fingerprint density at radius 3 is 1.40 bits per heavy atom. The van der Waals surface area contributed by atoms with Crippen molar-refractivity contribution in [3.05, 3.63) is 264 Å². The van der Waals surface area contributed by atoms with Gasteiger partial charge in [0.1, 0.15) is 11.2 Å². The maximum absolute atomic E-state index is 6.94. The summed E-state index contributed by atoms with van der Waals surface area (Å²) in [6, 6.07) is 84.5. The lowest BCUT2D eigenvalue weighted by Gasteiger charge is -2.33. The van der Waals surface area contributed by atoms with Crippen LogP contribution in [0.2, 0.25) is 0 Å². The molecule has 1 spiro atoms. The number of thiophene rings is 2. The number of hydrogen-bond donors (Lipinski definition) is 0. The lowest BCUT2D eigenvalue weighted by molar-refractivity contribution is 0.669. The molecule has 0 N–H and O–H groups in total. The largest absolute Gasteiger partial charge is 0.455 e. The summed E-state index contributed by atoms with van der Waals surface area (Å²) in [5, 5.41) is 8.93. The molecule has 68 heavy (non-hydrogen) atoms. The zero-order valence-corrected chi connectivity index (χ0v) is 38.3. The molecule has 0 radical (unpaired) electrons. The van der Waals surface area contributed by atoms with E-state index in [2.05, 4.69) is 251 Å². The predicted octanol–water partition coefficient (Wildman–Crippen LogP) is 18.3. The van der Waals surface area contributed by atoms with E-state index in [1.54, 1.807) is 22.7 Å². The second-order valence-corrected chi connectivity index (χ2v) is 19.5. The molecule has 12 aromatic rings. The minimum Gasteiger partial charge on any atom is -0.455 e. The molecule has 3 aromatic heterocycles. The van der Waals surface area contributed by atoms with Gasteiger partial charge in [0.25, 0.3) is 0 Å². The fourth-order valence-corrected chi connectivity index (χ4v) is 12.7. The van der Waals surface area contributed by atoms with Gasteiger partial charge in [-0.15, -0.1) is 22.7 Å². The third kappa shape index (κ3) is 5.83. The van der Waals surface area contributed by atoms with Crippen molar-refractivity contribution in [3.8, 4) is 44.5 Å². The lowest BCUT2D eigenvalue weighted by atomic mass is 9.70. The van der Waals surface area contributed by atoms with Gasteiger partial charge in [-0.2, -0.15) is 0 Å². The molecule has 14 rings (SSSR count). The molecule has 0 bridgehead atoms. The Hall–Kier alpha value is -8.22. The molecule has 0 saturated heterocycles. The SMILES string of the molecule is c1ccc(-c2ccc(N(c3ccc4c(c3)C3(c5cc(N(c6ccc(-c7ccccc7)cc6)c6cccs6)ccc5-4)c4ccccc4-c4c3ccc3c4oc4ccccc43)c3cccs3)cc2)cc1. The van der Waals surface area contributed by atoms with Crippen LogP contribution in [0.5, 0.6) is 0 Å². The first-order chi connectivity index (χ1) is 33.7. The van der Waals surface area contributed by atoms with Crippen molar-refractivity contribution in [3.63, 3.8) is 0 Å². The predicted molar refractivity (Wildman–Crippen MR) is 286 cm³/mol. The standard InChI is InChI=1S/C63H40N2OS2/c1-3-13-41(14-4-1)43-23-27-45(28-24-43)64(59-21-11-37-67-59)47-31-33-49-50-34-32-48(65(60-22-12-38-68-60)46-29-25-44(26-30-46)42-15-5-2-6-16-42)40-57(50)63(56(49)39-47)54-19-9-7-18-53(54)61-55(63)36-35-52-51-17-8-10-20-58(51)66-62(52)61/h1-40H. The van der Waals surface area contributed by atoms with Gasteiger partial charge in [0.05, 0.1) is 15.4 Å². The highest BCUT2D eigenvalue weighted by molar-refractivity contribution is 7.14. The van der Waals surface area contributed by atoms with Crippen molar-refractivity contribution in [2.45, 2.75) is 5.41 Å². The molecule has 0 atom stereocenters. The molecule has 2 aliphatic carbocycles. The Labute approximate surface area is 402 Å². The van der Waals surface area contributed by atoms with Crippen molar-refractivity contribution in [2.75, 3.05) is 9.80 Å². The molecule has 3 nitrogen and oxygen atoms in total. The van der Waals surface area contributed by atoms with E-state index in [-0.39, 0.29) is 0 Å². The smallest absolute Gasteiger partial charge is 0.143 e. The maximum atomic E-state index is 6.94. The first-order valence-corrected chi connectivity index (χ1v) is 24.8. The van der Waals surface area contributed by atoms with Crippen LogP contribution in [-0.4, -0.2) is 0 Å². The summed E-state index contributed by atoms with van der Waals surface area (Å²) < 4.78 is 6.94. The number of hydrogen-bond acceptors (Lipinski definition) is 5. The van der Waals surface area contributed by atoms with Gasteiger partial charge in [0, 0.05) is 39.1 Å². The molecular formula is C63H40N2OS2. The van der Waals surface area contributed by atoms with Gasteiger partial charge in [0.2, 0.25) is 0 Å². The van der Waals surface area contributed by atoms with Gasteiger partial charge >= 0.3 is 0 Å². The minimum absolute atomic E-state index is 0.660. The Morgan fingerprint density at radius 2 is 0.838 bits per heavy atom. The number of fused-ring (bicyclic) bond motifs is 14. The van der Waals surface area contributed by atoms with Crippen LogP contribution in [0.3, 0.4) is 0 Å². The second-order valence-electron chi connectivity index (χ2n) is 17.6. The quantitative estimate of drug-likeness (QED) is 0.151. The van der Waals surface area contributed by atoms with E-state index in [1.807, 2.05) is 0 Å². The molecule has 9 aromatic carbocycles. The molecule has 5 heteroatoms. The van der Waals surface area contributed by atoms with Crippen molar-refractivity contribution >= 4 is 77.4 Å². The number of nitrogens with zero attached hydrogens (tertiary/aromatic N) is 2. The van der Waals surface area contributed by atoms with E-state index < -0.39 is 5.41 Å². The molecule has 320 valence electrons. The maximum Gasteiger partial charge on any atom is 0.143 e. The average molecular weight is 905 g/mol. The number of rotatable bonds is 8. The van der Waals surface area contributed by atoms with E-state index in [1.165, 1.54) is 66.8 Å². The van der Waals surface area contributed by atoms with Gasteiger partial charge in [-0.1, -0.05) is 152 Å². The summed E-state index contributed by atoms with van der Waals surface area (Å²) in [6.07, 6.45) is 0. The monoisotopic (exact) mass is 904 g/mol. The molecule has 2 aliphatic rings. The van der Waals surface area contributed by atoms with E-state index in [9.17, 15) is 0 Å². The van der Waals surface area contributed by atoms with Crippen molar-refractivity contribution in [1.82, 2.24) is 0 Å². The summed E-state index contributed by atoms with van der Waals surface area (Å²) in [4.78, 5) is 4.84. The van der Waals surface area contributed by atoms with E-state index >= 15 is 0 Å². The molecule has 0 aliphatic heterocycles. The van der Waals surface area contributed by atoms with Gasteiger partial charge in [-0.3, -0.25) is 0 Å². The topological polar surface area (TPSA) is 19.6 Å².